The molecule has 0 aromatic heterocycles. The summed E-state index contributed by atoms with van der Waals surface area (Å²) in [4.78, 5) is 11.7. The van der Waals surface area contributed by atoms with E-state index in [0.29, 0.717) is 17.9 Å². The monoisotopic (exact) mass is 318 g/mol. The summed E-state index contributed by atoms with van der Waals surface area (Å²) < 4.78 is 5.85. The normalized spacial score (nSPS) is 18.3. The molecule has 1 aromatic carbocycles. The second-order valence-corrected chi connectivity index (χ2v) is 8.02. The molecule has 0 heterocycles. The summed E-state index contributed by atoms with van der Waals surface area (Å²) in [6.45, 7) is 11.6. The van der Waals surface area contributed by atoms with Gasteiger partial charge in [-0.15, -0.1) is 0 Å². The zero-order valence-corrected chi connectivity index (χ0v) is 15.2. The van der Waals surface area contributed by atoms with Gasteiger partial charge in [0.25, 0.3) is 0 Å². The molecule has 0 amide bonds. The number of carboxylic acids is 1. The number of rotatable bonds is 6. The number of carbonyl (C=O) groups is 1. The quantitative estimate of drug-likeness (QED) is 0.724. The van der Waals surface area contributed by atoms with Crippen molar-refractivity contribution in [2.24, 2.45) is 0 Å². The first kappa shape index (κ1) is 17.8. The highest BCUT2D eigenvalue weighted by molar-refractivity contribution is 5.91. The van der Waals surface area contributed by atoms with Gasteiger partial charge in [-0.1, -0.05) is 47.5 Å². The van der Waals surface area contributed by atoms with E-state index < -0.39 is 5.97 Å². The molecule has 0 saturated heterocycles. The zero-order valence-electron chi connectivity index (χ0n) is 15.2. The van der Waals surface area contributed by atoms with Crippen molar-refractivity contribution >= 4 is 5.97 Å². The number of hydrogen-bond donors (Lipinski definition) is 1. The molecule has 0 fully saturated rings. The first-order valence-electron chi connectivity index (χ1n) is 8.74. The Morgan fingerprint density at radius 2 is 1.65 bits per heavy atom. The van der Waals surface area contributed by atoms with Crippen LogP contribution in [0, 0.1) is 0 Å². The molecule has 1 aliphatic rings. The molecule has 0 atom stereocenters. The number of unbranched alkanes of at least 4 members (excludes halogenated alkanes) is 2. The Labute approximate surface area is 140 Å². The van der Waals surface area contributed by atoms with Crippen LogP contribution in [0.15, 0.2) is 12.1 Å². The van der Waals surface area contributed by atoms with Crippen LogP contribution in [-0.2, 0) is 10.8 Å². The lowest BCUT2D eigenvalue weighted by atomic mass is 9.63. The highest BCUT2D eigenvalue weighted by atomic mass is 16.5. The number of aromatic carboxylic acids is 1. The van der Waals surface area contributed by atoms with Crippen LogP contribution in [0.2, 0.25) is 0 Å². The molecular weight excluding hydrogens is 288 g/mol. The number of ether oxygens (including phenoxy) is 1. The van der Waals surface area contributed by atoms with Crippen molar-refractivity contribution in [1.29, 1.82) is 0 Å². The van der Waals surface area contributed by atoms with E-state index in [0.717, 1.165) is 37.7 Å². The zero-order chi connectivity index (χ0) is 17.3. The summed E-state index contributed by atoms with van der Waals surface area (Å²) in [6, 6.07) is 3.85. The average Bonchev–Trinajstić information content (AvgIpc) is 2.48. The van der Waals surface area contributed by atoms with Crippen LogP contribution >= 0.6 is 0 Å². The molecule has 0 aliphatic heterocycles. The lowest BCUT2D eigenvalue weighted by Gasteiger charge is -2.42. The van der Waals surface area contributed by atoms with Gasteiger partial charge < -0.3 is 9.84 Å². The fraction of sp³-hybridized carbons (Fsp3) is 0.650. The first-order valence-corrected chi connectivity index (χ1v) is 8.74. The van der Waals surface area contributed by atoms with Crippen LogP contribution < -0.4 is 4.74 Å². The summed E-state index contributed by atoms with van der Waals surface area (Å²) in [6.07, 6.45) is 5.37. The maximum absolute atomic E-state index is 11.7. The highest BCUT2D eigenvalue weighted by Gasteiger charge is 2.38. The molecule has 0 bridgehead atoms. The van der Waals surface area contributed by atoms with Crippen LogP contribution in [-0.4, -0.2) is 17.7 Å². The molecule has 0 radical (unpaired) electrons. The lowest BCUT2D eigenvalue weighted by molar-refractivity contribution is 0.0691. The molecule has 128 valence electrons. The SMILES string of the molecule is CCCCCOc1cc2c(cc1C(=O)O)C(C)(C)CCC2(C)C. The summed E-state index contributed by atoms with van der Waals surface area (Å²) in [5, 5.41) is 9.59. The molecule has 1 aliphatic carbocycles. The van der Waals surface area contributed by atoms with Crippen molar-refractivity contribution in [2.45, 2.75) is 77.6 Å². The van der Waals surface area contributed by atoms with Crippen LogP contribution in [0.4, 0.5) is 0 Å². The minimum absolute atomic E-state index is 0.00972. The van der Waals surface area contributed by atoms with E-state index in [9.17, 15) is 9.90 Å². The fourth-order valence-corrected chi connectivity index (χ4v) is 3.41. The highest BCUT2D eigenvalue weighted by Crippen LogP contribution is 2.47. The molecule has 23 heavy (non-hydrogen) atoms. The van der Waals surface area contributed by atoms with Crippen LogP contribution in [0.5, 0.6) is 5.75 Å². The third-order valence-electron chi connectivity index (χ3n) is 5.19. The van der Waals surface area contributed by atoms with E-state index in [1.807, 2.05) is 12.1 Å². The Morgan fingerprint density at radius 3 is 2.17 bits per heavy atom. The Hall–Kier alpha value is -1.51. The van der Waals surface area contributed by atoms with E-state index in [4.69, 9.17) is 4.74 Å². The van der Waals surface area contributed by atoms with Gasteiger partial charge in [0.1, 0.15) is 11.3 Å². The third kappa shape index (κ3) is 3.70. The molecule has 1 aromatic rings. The van der Waals surface area contributed by atoms with Gasteiger partial charge in [-0.05, 0) is 53.4 Å². The van der Waals surface area contributed by atoms with Crippen molar-refractivity contribution in [1.82, 2.24) is 0 Å². The van der Waals surface area contributed by atoms with Gasteiger partial charge in [0.2, 0.25) is 0 Å². The molecule has 0 spiro atoms. The van der Waals surface area contributed by atoms with Gasteiger partial charge in [0.15, 0.2) is 0 Å². The van der Waals surface area contributed by atoms with Crippen molar-refractivity contribution in [3.05, 3.63) is 28.8 Å². The third-order valence-corrected chi connectivity index (χ3v) is 5.19. The van der Waals surface area contributed by atoms with Gasteiger partial charge in [0, 0.05) is 0 Å². The summed E-state index contributed by atoms with van der Waals surface area (Å²) >= 11 is 0. The second kappa shape index (κ2) is 6.54. The molecule has 3 heteroatoms. The van der Waals surface area contributed by atoms with E-state index >= 15 is 0 Å². The number of hydrogen-bond acceptors (Lipinski definition) is 2. The Kier molecular flexibility index (Phi) is 5.07. The summed E-state index contributed by atoms with van der Waals surface area (Å²) in [7, 11) is 0. The Balaban J connectivity index is 2.45. The van der Waals surface area contributed by atoms with Gasteiger partial charge in [0.05, 0.1) is 6.61 Å². The minimum Gasteiger partial charge on any atom is -0.493 e. The second-order valence-electron chi connectivity index (χ2n) is 8.02. The van der Waals surface area contributed by atoms with Gasteiger partial charge in [-0.2, -0.15) is 0 Å². The number of benzene rings is 1. The Bertz CT molecular complexity index is 585. The van der Waals surface area contributed by atoms with Crippen molar-refractivity contribution in [3.63, 3.8) is 0 Å². The molecule has 0 unspecified atom stereocenters. The topological polar surface area (TPSA) is 46.5 Å². The first-order chi connectivity index (χ1) is 10.7. The van der Waals surface area contributed by atoms with Crippen molar-refractivity contribution in [2.75, 3.05) is 6.61 Å². The van der Waals surface area contributed by atoms with Crippen LogP contribution in [0.1, 0.15) is 88.2 Å². The predicted octanol–water partition coefficient (Wildman–Crippen LogP) is 5.30. The molecule has 3 nitrogen and oxygen atoms in total. The van der Waals surface area contributed by atoms with Crippen molar-refractivity contribution < 1.29 is 14.6 Å². The maximum Gasteiger partial charge on any atom is 0.339 e. The van der Waals surface area contributed by atoms with Crippen LogP contribution in [0.3, 0.4) is 0 Å². The summed E-state index contributed by atoms with van der Waals surface area (Å²) in [5.74, 6) is -0.379. The number of carboxylic acid groups (broad SMARTS) is 1. The minimum atomic E-state index is -0.905. The van der Waals surface area contributed by atoms with Crippen LogP contribution in [0.25, 0.3) is 0 Å². The molecular formula is C20H30O3. The van der Waals surface area contributed by atoms with Gasteiger partial charge >= 0.3 is 5.97 Å². The summed E-state index contributed by atoms with van der Waals surface area (Å²) in [5.41, 5.74) is 2.77. The fourth-order valence-electron chi connectivity index (χ4n) is 3.41. The number of fused-ring (bicyclic) bond motifs is 1. The maximum atomic E-state index is 11.7. The lowest BCUT2D eigenvalue weighted by Crippen LogP contribution is -2.34. The molecule has 2 rings (SSSR count). The van der Waals surface area contributed by atoms with E-state index in [1.54, 1.807) is 0 Å². The largest absolute Gasteiger partial charge is 0.493 e. The Morgan fingerprint density at radius 1 is 1.09 bits per heavy atom. The molecule has 1 N–H and O–H groups in total. The van der Waals surface area contributed by atoms with E-state index in [1.165, 1.54) is 5.56 Å². The predicted molar refractivity (Wildman–Crippen MR) is 93.7 cm³/mol. The standard InChI is InChI=1S/C20H30O3/c1-6-7-8-11-23-17-13-16-15(12-14(17)18(21)22)19(2,3)9-10-20(16,4)5/h12-13H,6-11H2,1-5H3,(H,21,22). The average molecular weight is 318 g/mol. The van der Waals surface area contributed by atoms with Crippen molar-refractivity contribution in [3.8, 4) is 5.75 Å². The smallest absolute Gasteiger partial charge is 0.339 e. The van der Waals surface area contributed by atoms with Gasteiger partial charge in [-0.3, -0.25) is 0 Å². The van der Waals surface area contributed by atoms with Gasteiger partial charge in [-0.25, -0.2) is 4.79 Å². The molecule has 0 saturated carbocycles. The van der Waals surface area contributed by atoms with E-state index in [2.05, 4.69) is 34.6 Å². The van der Waals surface area contributed by atoms with E-state index in [-0.39, 0.29) is 10.8 Å².